The maximum atomic E-state index is 11.7. The van der Waals surface area contributed by atoms with Gasteiger partial charge in [-0.3, -0.25) is 9.59 Å². The van der Waals surface area contributed by atoms with Crippen LogP contribution in [0.15, 0.2) is 12.2 Å². The van der Waals surface area contributed by atoms with Crippen LogP contribution in [0.25, 0.3) is 0 Å². The third-order valence-electron chi connectivity index (χ3n) is 4.96. The van der Waals surface area contributed by atoms with Crippen LogP contribution in [0.5, 0.6) is 0 Å². The first-order valence-corrected chi connectivity index (χ1v) is 6.54. The Labute approximate surface area is 106 Å². The average Bonchev–Trinajstić information content (AvgIpc) is 2.74. The number of rotatable bonds is 1. The molecule has 0 amide bonds. The molecule has 1 saturated heterocycles. The zero-order valence-corrected chi connectivity index (χ0v) is 10.8. The van der Waals surface area contributed by atoms with Gasteiger partial charge >= 0.3 is 11.9 Å². The summed E-state index contributed by atoms with van der Waals surface area (Å²) in [7, 11) is 0. The predicted molar refractivity (Wildman–Crippen MR) is 63.6 cm³/mol. The summed E-state index contributed by atoms with van der Waals surface area (Å²) in [5.74, 6) is -0.237. The highest BCUT2D eigenvalue weighted by atomic mass is 16.6. The molecule has 0 N–H and O–H groups in total. The number of ether oxygens (including phenoxy) is 2. The van der Waals surface area contributed by atoms with Gasteiger partial charge in [0.25, 0.3) is 0 Å². The third-order valence-corrected chi connectivity index (χ3v) is 4.96. The van der Waals surface area contributed by atoms with Gasteiger partial charge in [0, 0.05) is 18.3 Å². The molecular weight excluding hydrogens is 232 g/mol. The smallest absolute Gasteiger partial charge is 0.307 e. The highest BCUT2D eigenvalue weighted by molar-refractivity contribution is 5.74. The second-order valence-electron chi connectivity index (χ2n) is 5.86. The Morgan fingerprint density at radius 1 is 1.56 bits per heavy atom. The van der Waals surface area contributed by atoms with Crippen molar-refractivity contribution < 1.29 is 19.1 Å². The number of esters is 2. The third kappa shape index (κ3) is 1.32. The summed E-state index contributed by atoms with van der Waals surface area (Å²) in [5.41, 5.74) is -0.719. The number of hydrogen-bond acceptors (Lipinski definition) is 4. The van der Waals surface area contributed by atoms with Gasteiger partial charge in [0.2, 0.25) is 0 Å². The van der Waals surface area contributed by atoms with Gasteiger partial charge in [0.15, 0.2) is 0 Å². The molecule has 0 bridgehead atoms. The first kappa shape index (κ1) is 11.8. The van der Waals surface area contributed by atoms with Gasteiger partial charge < -0.3 is 9.47 Å². The van der Waals surface area contributed by atoms with E-state index in [0.717, 1.165) is 19.3 Å². The van der Waals surface area contributed by atoms with Crippen LogP contribution in [0.4, 0.5) is 0 Å². The van der Waals surface area contributed by atoms with Crippen LogP contribution < -0.4 is 0 Å². The fraction of sp³-hybridized carbons (Fsp3) is 0.714. The van der Waals surface area contributed by atoms with Crippen molar-refractivity contribution in [2.24, 2.45) is 11.3 Å². The van der Waals surface area contributed by atoms with Crippen LogP contribution in [0.3, 0.4) is 0 Å². The van der Waals surface area contributed by atoms with Crippen molar-refractivity contribution >= 4 is 11.9 Å². The molecule has 4 nitrogen and oxygen atoms in total. The fourth-order valence-corrected chi connectivity index (χ4v) is 4.06. The summed E-state index contributed by atoms with van der Waals surface area (Å²) >= 11 is 0. The highest BCUT2D eigenvalue weighted by Crippen LogP contribution is 2.61. The van der Waals surface area contributed by atoms with Crippen molar-refractivity contribution in [3.8, 4) is 0 Å². The minimum absolute atomic E-state index is 0.124. The Morgan fingerprint density at radius 3 is 3.06 bits per heavy atom. The van der Waals surface area contributed by atoms with Gasteiger partial charge in [0.1, 0.15) is 11.7 Å². The standard InChI is InChI=1S/C14H18O4/c1-9(15)17-11-5-7-14-10(8-12(16)18-14)4-3-6-13(11,14)2/h3-4,10-11H,5-8H2,1-2H3/t10-,11+,13+,14-/m0/s1. The van der Waals surface area contributed by atoms with E-state index in [1.165, 1.54) is 6.92 Å². The van der Waals surface area contributed by atoms with Gasteiger partial charge in [-0.1, -0.05) is 19.1 Å². The maximum Gasteiger partial charge on any atom is 0.307 e. The number of carbonyl (C=O) groups is 2. The molecule has 0 aromatic rings. The van der Waals surface area contributed by atoms with Crippen LogP contribution >= 0.6 is 0 Å². The molecule has 0 radical (unpaired) electrons. The lowest BCUT2D eigenvalue weighted by Gasteiger charge is -2.46. The first-order valence-electron chi connectivity index (χ1n) is 6.54. The first-order chi connectivity index (χ1) is 8.48. The van der Waals surface area contributed by atoms with E-state index in [4.69, 9.17) is 9.47 Å². The molecule has 3 rings (SSSR count). The van der Waals surface area contributed by atoms with Crippen molar-refractivity contribution in [2.75, 3.05) is 0 Å². The molecule has 1 aliphatic heterocycles. The number of allylic oxidation sites excluding steroid dienone is 1. The van der Waals surface area contributed by atoms with Crippen LogP contribution in [0.1, 0.15) is 39.5 Å². The Morgan fingerprint density at radius 2 is 2.33 bits per heavy atom. The van der Waals surface area contributed by atoms with Gasteiger partial charge in [0.05, 0.1) is 6.42 Å². The van der Waals surface area contributed by atoms with Crippen LogP contribution in [0.2, 0.25) is 0 Å². The van der Waals surface area contributed by atoms with E-state index >= 15 is 0 Å². The van der Waals surface area contributed by atoms with E-state index in [9.17, 15) is 9.59 Å². The van der Waals surface area contributed by atoms with Gasteiger partial charge in [-0.15, -0.1) is 0 Å². The molecule has 0 aromatic heterocycles. The predicted octanol–water partition coefficient (Wildman–Crippen LogP) is 1.98. The minimum Gasteiger partial charge on any atom is -0.462 e. The Bertz CT molecular complexity index is 441. The lowest BCUT2D eigenvalue weighted by molar-refractivity contribution is -0.173. The maximum absolute atomic E-state index is 11.7. The molecule has 0 aromatic carbocycles. The quantitative estimate of drug-likeness (QED) is 0.527. The van der Waals surface area contributed by atoms with Gasteiger partial charge in [-0.05, 0) is 19.3 Å². The van der Waals surface area contributed by atoms with Crippen molar-refractivity contribution in [1.29, 1.82) is 0 Å². The van der Waals surface area contributed by atoms with Crippen molar-refractivity contribution in [1.82, 2.24) is 0 Å². The zero-order chi connectivity index (χ0) is 13.0. The summed E-state index contributed by atoms with van der Waals surface area (Å²) in [6, 6.07) is 0. The Hall–Kier alpha value is -1.32. The number of hydrogen-bond donors (Lipinski definition) is 0. The highest BCUT2D eigenvalue weighted by Gasteiger charge is 2.67. The molecule has 1 saturated carbocycles. The monoisotopic (exact) mass is 250 g/mol. The molecule has 2 fully saturated rings. The molecule has 18 heavy (non-hydrogen) atoms. The molecule has 98 valence electrons. The van der Waals surface area contributed by atoms with E-state index in [-0.39, 0.29) is 29.4 Å². The Kier molecular flexibility index (Phi) is 2.34. The second-order valence-corrected chi connectivity index (χ2v) is 5.86. The molecule has 1 spiro atoms. The van der Waals surface area contributed by atoms with E-state index in [0.29, 0.717) is 6.42 Å². The van der Waals surface area contributed by atoms with E-state index in [1.807, 2.05) is 0 Å². The van der Waals surface area contributed by atoms with Crippen molar-refractivity contribution in [2.45, 2.75) is 51.2 Å². The molecule has 0 unspecified atom stereocenters. The lowest BCUT2D eigenvalue weighted by Crippen LogP contribution is -2.52. The van der Waals surface area contributed by atoms with E-state index in [2.05, 4.69) is 19.1 Å². The van der Waals surface area contributed by atoms with Crippen LogP contribution in [-0.4, -0.2) is 23.6 Å². The SMILES string of the molecule is CC(=O)O[C@@H]1CC[C@]23OC(=O)C[C@@H]2C=CC[C@]13C. The Balaban J connectivity index is 1.99. The lowest BCUT2D eigenvalue weighted by atomic mass is 9.63. The normalized spacial score (nSPS) is 45.3. The molecule has 1 heterocycles. The summed E-state index contributed by atoms with van der Waals surface area (Å²) in [6.07, 6.45) is 6.89. The largest absolute Gasteiger partial charge is 0.462 e. The average molecular weight is 250 g/mol. The summed E-state index contributed by atoms with van der Waals surface area (Å²) in [4.78, 5) is 22.9. The minimum atomic E-state index is -0.445. The summed E-state index contributed by atoms with van der Waals surface area (Å²) in [6.45, 7) is 3.52. The molecule has 4 atom stereocenters. The topological polar surface area (TPSA) is 52.6 Å². The van der Waals surface area contributed by atoms with E-state index < -0.39 is 5.60 Å². The zero-order valence-electron chi connectivity index (χ0n) is 10.8. The van der Waals surface area contributed by atoms with Gasteiger partial charge in [-0.2, -0.15) is 0 Å². The summed E-state index contributed by atoms with van der Waals surface area (Å²) in [5, 5.41) is 0. The van der Waals surface area contributed by atoms with E-state index in [1.54, 1.807) is 0 Å². The molecule has 3 aliphatic rings. The summed E-state index contributed by atoms with van der Waals surface area (Å²) < 4.78 is 11.2. The van der Waals surface area contributed by atoms with Crippen molar-refractivity contribution in [3.05, 3.63) is 12.2 Å². The number of carbonyl (C=O) groups excluding carboxylic acids is 2. The molecular formula is C14H18O4. The van der Waals surface area contributed by atoms with Gasteiger partial charge in [-0.25, -0.2) is 0 Å². The van der Waals surface area contributed by atoms with Crippen LogP contribution in [0, 0.1) is 11.3 Å². The fourth-order valence-electron chi connectivity index (χ4n) is 4.06. The molecule has 4 heteroatoms. The van der Waals surface area contributed by atoms with Crippen molar-refractivity contribution in [3.63, 3.8) is 0 Å². The molecule has 2 aliphatic carbocycles. The second kappa shape index (κ2) is 3.59. The van der Waals surface area contributed by atoms with Crippen LogP contribution in [-0.2, 0) is 19.1 Å².